The lowest BCUT2D eigenvalue weighted by Crippen LogP contribution is -2.37. The third kappa shape index (κ3) is 3.67. The molecular formula is C13H15F3N2O6. The number of carbonyl (C=O) groups is 1. The summed E-state index contributed by atoms with van der Waals surface area (Å²) in [5.74, 6) is -2.23. The van der Waals surface area contributed by atoms with Crippen LogP contribution in [-0.2, 0) is 9.47 Å². The number of carbonyl (C=O) groups excluding carboxylic acids is 1. The summed E-state index contributed by atoms with van der Waals surface area (Å²) >= 11 is 0. The minimum atomic E-state index is -4.77. The van der Waals surface area contributed by atoms with Crippen LogP contribution in [0.3, 0.4) is 0 Å². The van der Waals surface area contributed by atoms with Crippen molar-refractivity contribution in [2.75, 3.05) is 6.61 Å². The van der Waals surface area contributed by atoms with Crippen molar-refractivity contribution in [2.24, 2.45) is 5.92 Å². The van der Waals surface area contributed by atoms with E-state index in [4.69, 9.17) is 6.11 Å². The number of alkyl halides is 3. The Labute approximate surface area is 134 Å². The summed E-state index contributed by atoms with van der Waals surface area (Å²) in [6.07, 6.45) is -7.11. The molecule has 11 heteroatoms. The van der Waals surface area contributed by atoms with Gasteiger partial charge in [-0.1, -0.05) is 6.92 Å². The van der Waals surface area contributed by atoms with Gasteiger partial charge in [0.15, 0.2) is 6.61 Å². The van der Waals surface area contributed by atoms with Crippen LogP contribution in [0.4, 0.5) is 13.2 Å². The molecule has 1 aromatic rings. The number of aromatic nitrogens is 2. The van der Waals surface area contributed by atoms with E-state index in [9.17, 15) is 32.7 Å². The maximum atomic E-state index is 12.1. The fraction of sp³-hybridized carbons (Fsp3) is 0.615. The van der Waals surface area contributed by atoms with E-state index in [2.05, 4.69) is 4.74 Å². The van der Waals surface area contributed by atoms with E-state index in [1.807, 2.05) is 0 Å². The van der Waals surface area contributed by atoms with E-state index >= 15 is 0 Å². The van der Waals surface area contributed by atoms with E-state index in [1.54, 1.807) is 4.98 Å². The second-order valence-electron chi connectivity index (χ2n) is 5.32. The molecule has 0 saturated carbocycles. The quantitative estimate of drug-likeness (QED) is 0.750. The molecule has 0 spiro atoms. The summed E-state index contributed by atoms with van der Waals surface area (Å²) in [7, 11) is 0. The number of hydrogen-bond acceptors (Lipinski definition) is 6. The number of aromatic amines is 1. The molecule has 0 aromatic carbocycles. The highest BCUT2D eigenvalue weighted by molar-refractivity contribution is 5.88. The van der Waals surface area contributed by atoms with Crippen LogP contribution in [0.25, 0.3) is 0 Å². The molecule has 134 valence electrons. The predicted molar refractivity (Wildman–Crippen MR) is 72.4 cm³/mol. The van der Waals surface area contributed by atoms with Crippen LogP contribution in [0.2, 0.25) is 0 Å². The first kappa shape index (κ1) is 16.7. The van der Waals surface area contributed by atoms with Crippen molar-refractivity contribution in [3.05, 3.63) is 32.6 Å². The Morgan fingerprint density at radius 2 is 2.21 bits per heavy atom. The zero-order valence-electron chi connectivity index (χ0n) is 13.4. The molecule has 0 amide bonds. The molecule has 1 aliphatic rings. The Balaban J connectivity index is 2.34. The monoisotopic (exact) mass is 353 g/mol. The van der Waals surface area contributed by atoms with Crippen LogP contribution in [0.5, 0.6) is 0 Å². The smallest absolute Gasteiger partial charge is 0.422 e. The number of ether oxygens (including phenoxy) is 2. The van der Waals surface area contributed by atoms with Gasteiger partial charge in [-0.15, -0.1) is 0 Å². The molecule has 4 atom stereocenters. The van der Waals surface area contributed by atoms with Gasteiger partial charge in [0.1, 0.15) is 11.8 Å². The fourth-order valence-electron chi connectivity index (χ4n) is 2.25. The minimum absolute atomic E-state index is 0.291. The van der Waals surface area contributed by atoms with E-state index in [0.717, 1.165) is 10.8 Å². The van der Waals surface area contributed by atoms with Gasteiger partial charge in [-0.2, -0.15) is 13.2 Å². The van der Waals surface area contributed by atoms with Crippen LogP contribution in [0, 0.1) is 5.92 Å². The first-order chi connectivity index (χ1) is 11.5. The number of hydrogen-bond donors (Lipinski definition) is 2. The molecule has 1 saturated heterocycles. The van der Waals surface area contributed by atoms with E-state index < -0.39 is 59.9 Å². The van der Waals surface area contributed by atoms with Crippen molar-refractivity contribution < 1.29 is 33.9 Å². The maximum absolute atomic E-state index is 12.1. The summed E-state index contributed by atoms with van der Waals surface area (Å²) < 4.78 is 53.8. The van der Waals surface area contributed by atoms with Crippen LogP contribution in [-0.4, -0.2) is 45.6 Å². The normalized spacial score (nSPS) is 27.8. The number of rotatable bonds is 3. The summed E-state index contributed by atoms with van der Waals surface area (Å²) in [5, 5.41) is 9.94. The van der Waals surface area contributed by atoms with Gasteiger partial charge in [0.05, 0.1) is 12.2 Å². The van der Waals surface area contributed by atoms with Crippen molar-refractivity contribution in [3.8, 4) is 0 Å². The second-order valence-corrected chi connectivity index (χ2v) is 5.32. The SMILES string of the molecule is [2H]C[C@H]1O[C@@H](n2cc(C(=O)OCC(F)(F)F)c(=O)[nH]c2=O)C(C)[C@H]1O. The number of halogens is 3. The van der Waals surface area contributed by atoms with Gasteiger partial charge in [-0.25, -0.2) is 9.59 Å². The molecule has 1 fully saturated rings. The average Bonchev–Trinajstić information content (AvgIpc) is 2.80. The molecule has 2 rings (SSSR count). The number of aliphatic hydroxyl groups excluding tert-OH is 1. The van der Waals surface area contributed by atoms with Crippen molar-refractivity contribution in [3.63, 3.8) is 0 Å². The van der Waals surface area contributed by atoms with Gasteiger partial charge in [0.25, 0.3) is 5.56 Å². The average molecular weight is 353 g/mol. The number of nitrogens with zero attached hydrogens (tertiary/aromatic N) is 1. The Kier molecular flexibility index (Phi) is 4.45. The van der Waals surface area contributed by atoms with Gasteiger partial charge < -0.3 is 14.6 Å². The lowest BCUT2D eigenvalue weighted by Gasteiger charge is -2.18. The van der Waals surface area contributed by atoms with Crippen molar-refractivity contribution in [1.29, 1.82) is 0 Å². The third-order valence-electron chi connectivity index (χ3n) is 3.51. The Hall–Kier alpha value is -2.14. The molecule has 1 aliphatic heterocycles. The Morgan fingerprint density at radius 3 is 2.75 bits per heavy atom. The van der Waals surface area contributed by atoms with Gasteiger partial charge in [0.2, 0.25) is 0 Å². The predicted octanol–water partition coefficient (Wildman–Crippen LogP) is 0.170. The molecular weight excluding hydrogens is 337 g/mol. The van der Waals surface area contributed by atoms with Crippen molar-refractivity contribution in [2.45, 2.75) is 38.4 Å². The highest BCUT2D eigenvalue weighted by Crippen LogP contribution is 2.33. The second kappa shape index (κ2) is 6.40. The summed E-state index contributed by atoms with van der Waals surface area (Å²) in [6, 6.07) is 0. The van der Waals surface area contributed by atoms with E-state index in [-0.39, 0.29) is 6.90 Å². The van der Waals surface area contributed by atoms with E-state index in [1.165, 1.54) is 6.92 Å². The summed E-state index contributed by atoms with van der Waals surface area (Å²) in [4.78, 5) is 37.1. The first-order valence-electron chi connectivity index (χ1n) is 7.48. The van der Waals surface area contributed by atoms with Crippen molar-refractivity contribution in [1.82, 2.24) is 9.55 Å². The molecule has 2 N–H and O–H groups in total. The van der Waals surface area contributed by atoms with Crippen LogP contribution in [0.1, 0.15) is 31.8 Å². The lowest BCUT2D eigenvalue weighted by molar-refractivity contribution is -0.161. The highest BCUT2D eigenvalue weighted by atomic mass is 19.4. The van der Waals surface area contributed by atoms with Gasteiger partial charge in [-0.05, 0) is 6.90 Å². The maximum Gasteiger partial charge on any atom is 0.422 e. The van der Waals surface area contributed by atoms with Crippen LogP contribution >= 0.6 is 0 Å². The number of aliphatic hydroxyl groups is 1. The van der Waals surface area contributed by atoms with Crippen LogP contribution < -0.4 is 11.2 Å². The molecule has 0 bridgehead atoms. The fourth-order valence-corrected chi connectivity index (χ4v) is 2.25. The standard InChI is InChI=1S/C13H15F3N2O6/c1-5-8(19)6(2)24-10(5)18-3-7(9(20)17-12(18)22)11(21)23-4-13(14,15)16/h3,5-6,8,10,19H,4H2,1-2H3,(H,17,20,22)/t5?,6-,8-,10-/m1/s1/i2D. The zero-order valence-corrected chi connectivity index (χ0v) is 12.4. The molecule has 24 heavy (non-hydrogen) atoms. The molecule has 1 aromatic heterocycles. The van der Waals surface area contributed by atoms with Gasteiger partial charge in [-0.3, -0.25) is 14.3 Å². The Morgan fingerprint density at radius 1 is 1.54 bits per heavy atom. The Bertz CT molecular complexity index is 761. The number of H-pyrrole nitrogens is 1. The first-order valence-corrected chi connectivity index (χ1v) is 6.77. The summed E-state index contributed by atoms with van der Waals surface area (Å²) in [5.41, 5.74) is -3.01. The van der Waals surface area contributed by atoms with Crippen LogP contribution in [0.15, 0.2) is 15.8 Å². The molecule has 8 nitrogen and oxygen atoms in total. The third-order valence-corrected chi connectivity index (χ3v) is 3.51. The van der Waals surface area contributed by atoms with Gasteiger partial charge >= 0.3 is 17.8 Å². The molecule has 0 radical (unpaired) electrons. The number of esters is 1. The lowest BCUT2D eigenvalue weighted by atomic mass is 10.0. The van der Waals surface area contributed by atoms with Crippen molar-refractivity contribution >= 4 is 5.97 Å². The molecule has 1 unspecified atom stereocenters. The highest BCUT2D eigenvalue weighted by Gasteiger charge is 2.40. The molecule has 0 aliphatic carbocycles. The summed E-state index contributed by atoms with van der Waals surface area (Å²) in [6.45, 7) is -0.662. The largest absolute Gasteiger partial charge is 0.452 e. The number of nitrogens with one attached hydrogen (secondary N) is 1. The van der Waals surface area contributed by atoms with Gasteiger partial charge in [0, 0.05) is 13.5 Å². The van der Waals surface area contributed by atoms with E-state index in [0.29, 0.717) is 0 Å². The topological polar surface area (TPSA) is 111 Å². The molecule has 2 heterocycles. The zero-order chi connectivity index (χ0) is 18.9. The minimum Gasteiger partial charge on any atom is -0.452 e.